The first-order valence-corrected chi connectivity index (χ1v) is 13.0. The fraction of sp³-hybridized carbons (Fsp3) is 0.148. The molecule has 0 fully saturated rings. The van der Waals surface area contributed by atoms with Crippen LogP contribution in [0.25, 0.3) is 5.70 Å². The Labute approximate surface area is 228 Å². The van der Waals surface area contributed by atoms with Crippen molar-refractivity contribution in [2.75, 3.05) is 17.7 Å². The van der Waals surface area contributed by atoms with Gasteiger partial charge in [-0.05, 0) is 42.8 Å². The van der Waals surface area contributed by atoms with E-state index >= 15 is 0 Å². The zero-order valence-electron chi connectivity index (χ0n) is 19.6. The normalized spacial score (nSPS) is 15.1. The first kappa shape index (κ1) is 26.4. The van der Waals surface area contributed by atoms with Gasteiger partial charge in [-0.1, -0.05) is 65.3 Å². The van der Waals surface area contributed by atoms with Crippen LogP contribution >= 0.6 is 35.0 Å². The van der Waals surface area contributed by atoms with E-state index in [0.29, 0.717) is 32.2 Å². The molecule has 1 aliphatic rings. The Morgan fingerprint density at radius 1 is 1.16 bits per heavy atom. The lowest BCUT2D eigenvalue weighted by atomic mass is 9.84. The molecule has 37 heavy (non-hydrogen) atoms. The average molecular weight is 554 g/mol. The number of nitrogens with one attached hydrogen (secondary N) is 2. The lowest BCUT2D eigenvalue weighted by Crippen LogP contribution is -2.29. The number of ether oxygens (including phenoxy) is 1. The summed E-state index contributed by atoms with van der Waals surface area (Å²) in [5, 5.41) is 17.3. The van der Waals surface area contributed by atoms with Crippen LogP contribution in [0.5, 0.6) is 0 Å². The van der Waals surface area contributed by atoms with Crippen molar-refractivity contribution < 1.29 is 18.7 Å². The van der Waals surface area contributed by atoms with Crippen LogP contribution < -0.4 is 10.6 Å². The molecule has 1 unspecified atom stereocenters. The summed E-state index contributed by atoms with van der Waals surface area (Å²) in [5.41, 5.74) is 2.10. The lowest BCUT2D eigenvalue weighted by molar-refractivity contribution is -0.138. The number of nitriles is 1. The van der Waals surface area contributed by atoms with Gasteiger partial charge in [0.25, 0.3) is 0 Å². The molecule has 0 bridgehead atoms. The summed E-state index contributed by atoms with van der Waals surface area (Å²) in [6.07, 6.45) is 1.48. The van der Waals surface area contributed by atoms with Crippen LogP contribution in [0.3, 0.4) is 0 Å². The molecular formula is C27H21Cl2N3O4S. The highest BCUT2D eigenvalue weighted by atomic mass is 35.5. The highest BCUT2D eigenvalue weighted by molar-refractivity contribution is 8.03. The molecule has 188 valence electrons. The largest absolute Gasteiger partial charge is 0.468 e. The van der Waals surface area contributed by atoms with Gasteiger partial charge >= 0.3 is 5.97 Å². The van der Waals surface area contributed by atoms with Crippen LogP contribution in [0.1, 0.15) is 24.2 Å². The topological polar surface area (TPSA) is 104 Å². The van der Waals surface area contributed by atoms with Gasteiger partial charge in [0, 0.05) is 5.02 Å². The first-order valence-electron chi connectivity index (χ1n) is 11.2. The van der Waals surface area contributed by atoms with Gasteiger partial charge in [-0.3, -0.25) is 4.79 Å². The number of nitrogens with zero attached hydrogens (tertiary/aromatic N) is 1. The quantitative estimate of drug-likeness (QED) is 0.313. The van der Waals surface area contributed by atoms with E-state index in [4.69, 9.17) is 32.4 Å². The molecule has 0 aliphatic carbocycles. The molecule has 3 aromatic rings. The Bertz CT molecular complexity index is 1410. The van der Waals surface area contributed by atoms with Gasteiger partial charge in [0.05, 0.1) is 63.2 Å². The first-order chi connectivity index (χ1) is 17.9. The minimum absolute atomic E-state index is 0.0336. The summed E-state index contributed by atoms with van der Waals surface area (Å²) in [6.45, 7) is 1.88. The third-order valence-electron chi connectivity index (χ3n) is 5.39. The summed E-state index contributed by atoms with van der Waals surface area (Å²) in [5.74, 6) is -1.36. The van der Waals surface area contributed by atoms with Gasteiger partial charge < -0.3 is 19.8 Å². The van der Waals surface area contributed by atoms with Gasteiger partial charge in [-0.15, -0.1) is 0 Å². The number of halogens is 2. The van der Waals surface area contributed by atoms with Crippen molar-refractivity contribution in [2.45, 2.75) is 12.8 Å². The van der Waals surface area contributed by atoms with Crippen LogP contribution in [0.4, 0.5) is 5.69 Å². The Balaban J connectivity index is 1.70. The van der Waals surface area contributed by atoms with Gasteiger partial charge in [-0.25, -0.2) is 4.79 Å². The molecule has 0 saturated carbocycles. The van der Waals surface area contributed by atoms with E-state index in [2.05, 4.69) is 16.7 Å². The van der Waals surface area contributed by atoms with Gasteiger partial charge in [0.2, 0.25) is 5.91 Å². The molecule has 4 rings (SSSR count). The number of furan rings is 1. The van der Waals surface area contributed by atoms with Crippen molar-refractivity contribution in [1.82, 2.24) is 5.32 Å². The molecule has 1 aliphatic heterocycles. The molecule has 1 amide bonds. The van der Waals surface area contributed by atoms with E-state index in [1.165, 1.54) is 12.3 Å². The number of esters is 1. The Hall–Kier alpha value is -3.64. The number of anilines is 1. The van der Waals surface area contributed by atoms with Crippen molar-refractivity contribution in [3.63, 3.8) is 0 Å². The Morgan fingerprint density at radius 3 is 2.59 bits per heavy atom. The fourth-order valence-corrected chi connectivity index (χ4v) is 5.11. The summed E-state index contributed by atoms with van der Waals surface area (Å²) in [4.78, 5) is 25.9. The van der Waals surface area contributed by atoms with Crippen LogP contribution in [-0.2, 0) is 14.3 Å². The zero-order chi connectivity index (χ0) is 26.4. The molecule has 10 heteroatoms. The molecule has 2 heterocycles. The third-order valence-corrected chi connectivity index (χ3v) is 6.95. The molecule has 0 spiro atoms. The summed E-state index contributed by atoms with van der Waals surface area (Å²) in [6, 6.07) is 19.6. The second-order valence-corrected chi connectivity index (χ2v) is 9.59. The number of carbonyl (C=O) groups is 2. The number of amides is 1. The number of dihydropyridines is 1. The standard InChI is InChI=1S/C27H21Cl2N3O4S/c1-2-35-27(34)24-23(21-9-6-12-36-21)18(14-30)26(32-25(24)16-7-4-3-5-8-16)37-15-22(33)31-20-11-10-17(28)13-19(20)29/h3-13,23,32H,2,15H2,1H3,(H,31,33). The minimum Gasteiger partial charge on any atom is -0.468 e. The van der Waals surface area contributed by atoms with Crippen molar-refractivity contribution >= 4 is 58.2 Å². The predicted molar refractivity (Wildman–Crippen MR) is 145 cm³/mol. The second-order valence-electron chi connectivity index (χ2n) is 7.76. The van der Waals surface area contributed by atoms with E-state index in [1.807, 2.05) is 30.3 Å². The van der Waals surface area contributed by atoms with Gasteiger partial charge in [-0.2, -0.15) is 5.26 Å². The van der Waals surface area contributed by atoms with Crippen LogP contribution in [0, 0.1) is 11.3 Å². The Morgan fingerprint density at radius 2 is 1.95 bits per heavy atom. The molecule has 1 atom stereocenters. The summed E-state index contributed by atoms with van der Waals surface area (Å²) < 4.78 is 11.0. The number of hydrogen-bond acceptors (Lipinski definition) is 7. The predicted octanol–water partition coefficient (Wildman–Crippen LogP) is 6.35. The number of rotatable bonds is 8. The Kier molecular flexibility index (Phi) is 8.62. The number of thioether (sulfide) groups is 1. The van der Waals surface area contributed by atoms with Crippen LogP contribution in [-0.4, -0.2) is 24.2 Å². The molecule has 7 nitrogen and oxygen atoms in total. The van der Waals surface area contributed by atoms with E-state index in [0.717, 1.165) is 17.3 Å². The van der Waals surface area contributed by atoms with Crippen LogP contribution in [0.2, 0.25) is 10.0 Å². The highest BCUT2D eigenvalue weighted by Gasteiger charge is 2.38. The number of carbonyl (C=O) groups excluding carboxylic acids is 2. The number of hydrogen-bond donors (Lipinski definition) is 2. The molecule has 2 N–H and O–H groups in total. The van der Waals surface area contributed by atoms with Crippen LogP contribution in [0.15, 0.2) is 87.5 Å². The maximum Gasteiger partial charge on any atom is 0.337 e. The van der Waals surface area contributed by atoms with Crippen molar-refractivity contribution in [1.29, 1.82) is 5.26 Å². The molecule has 2 aromatic carbocycles. The van der Waals surface area contributed by atoms with E-state index in [-0.39, 0.29) is 29.4 Å². The van der Waals surface area contributed by atoms with E-state index < -0.39 is 11.9 Å². The average Bonchev–Trinajstić information content (AvgIpc) is 3.43. The fourth-order valence-electron chi connectivity index (χ4n) is 3.81. The maximum absolute atomic E-state index is 13.2. The minimum atomic E-state index is -0.827. The monoisotopic (exact) mass is 553 g/mol. The van der Waals surface area contributed by atoms with E-state index in [9.17, 15) is 14.9 Å². The SMILES string of the molecule is CCOC(=O)C1=C(c2ccccc2)NC(SCC(=O)Nc2ccc(Cl)cc2Cl)=C(C#N)C1c1ccco1. The lowest BCUT2D eigenvalue weighted by Gasteiger charge is -2.29. The third kappa shape index (κ3) is 6.03. The highest BCUT2D eigenvalue weighted by Crippen LogP contribution is 2.43. The summed E-state index contributed by atoms with van der Waals surface area (Å²) in [7, 11) is 0. The van der Waals surface area contributed by atoms with Crippen molar-refractivity contribution in [3.05, 3.63) is 104 Å². The van der Waals surface area contributed by atoms with Crippen molar-refractivity contribution in [2.24, 2.45) is 0 Å². The molecule has 0 radical (unpaired) electrons. The van der Waals surface area contributed by atoms with Gasteiger partial charge in [0.1, 0.15) is 5.76 Å². The zero-order valence-corrected chi connectivity index (χ0v) is 21.9. The molecular weight excluding hydrogens is 533 g/mol. The van der Waals surface area contributed by atoms with Gasteiger partial charge in [0.15, 0.2) is 0 Å². The maximum atomic E-state index is 13.2. The van der Waals surface area contributed by atoms with Crippen molar-refractivity contribution in [3.8, 4) is 6.07 Å². The smallest absolute Gasteiger partial charge is 0.337 e. The van der Waals surface area contributed by atoms with E-state index in [1.54, 1.807) is 31.2 Å². The number of benzene rings is 2. The second kappa shape index (κ2) is 12.1. The summed E-state index contributed by atoms with van der Waals surface area (Å²) >= 11 is 13.2. The molecule has 1 aromatic heterocycles. The molecule has 0 saturated heterocycles. The number of allylic oxidation sites excluding steroid dienone is 1.